The SMILES string of the molecule is Fc1cccc2c1-c1ccc(Br)cc1C2. The average molecular weight is 263 g/mol. The Morgan fingerprint density at radius 1 is 1.07 bits per heavy atom. The topological polar surface area (TPSA) is 0 Å². The second kappa shape index (κ2) is 3.17. The lowest BCUT2D eigenvalue weighted by Crippen LogP contribution is -1.83. The van der Waals surface area contributed by atoms with Crippen LogP contribution in [0, 0.1) is 5.82 Å². The van der Waals surface area contributed by atoms with Crippen LogP contribution in [0.25, 0.3) is 11.1 Å². The fourth-order valence-electron chi connectivity index (χ4n) is 2.18. The molecular weight excluding hydrogens is 255 g/mol. The van der Waals surface area contributed by atoms with Crippen molar-refractivity contribution < 1.29 is 4.39 Å². The van der Waals surface area contributed by atoms with Gasteiger partial charge in [0, 0.05) is 10.0 Å². The molecule has 0 saturated carbocycles. The molecule has 0 unspecified atom stereocenters. The van der Waals surface area contributed by atoms with Crippen molar-refractivity contribution in [1.82, 2.24) is 0 Å². The van der Waals surface area contributed by atoms with Crippen LogP contribution in [0.3, 0.4) is 0 Å². The molecule has 0 fully saturated rings. The second-order valence-electron chi connectivity index (χ2n) is 3.75. The Hall–Kier alpha value is -1.15. The molecule has 0 aliphatic heterocycles. The molecule has 74 valence electrons. The van der Waals surface area contributed by atoms with Gasteiger partial charge in [-0.25, -0.2) is 4.39 Å². The number of hydrogen-bond donors (Lipinski definition) is 0. The minimum Gasteiger partial charge on any atom is -0.206 e. The number of halogens is 2. The second-order valence-corrected chi connectivity index (χ2v) is 4.67. The highest BCUT2D eigenvalue weighted by Crippen LogP contribution is 2.39. The zero-order valence-electron chi connectivity index (χ0n) is 7.93. The zero-order chi connectivity index (χ0) is 10.4. The minimum atomic E-state index is -0.117. The van der Waals surface area contributed by atoms with E-state index in [4.69, 9.17) is 0 Å². The fourth-order valence-corrected chi connectivity index (χ4v) is 2.58. The molecule has 0 amide bonds. The molecule has 3 rings (SSSR count). The van der Waals surface area contributed by atoms with Crippen molar-refractivity contribution in [2.45, 2.75) is 6.42 Å². The van der Waals surface area contributed by atoms with Gasteiger partial charge in [-0.2, -0.15) is 0 Å². The molecule has 0 heterocycles. The first-order valence-electron chi connectivity index (χ1n) is 4.82. The summed E-state index contributed by atoms with van der Waals surface area (Å²) in [6, 6.07) is 11.3. The minimum absolute atomic E-state index is 0.117. The lowest BCUT2D eigenvalue weighted by Gasteiger charge is -2.02. The Morgan fingerprint density at radius 3 is 2.80 bits per heavy atom. The molecule has 0 spiro atoms. The summed E-state index contributed by atoms with van der Waals surface area (Å²) in [7, 11) is 0. The molecule has 0 bridgehead atoms. The zero-order valence-corrected chi connectivity index (χ0v) is 9.51. The molecule has 2 heteroatoms. The van der Waals surface area contributed by atoms with Gasteiger partial charge in [0.15, 0.2) is 0 Å². The van der Waals surface area contributed by atoms with E-state index in [0.717, 1.165) is 27.6 Å². The van der Waals surface area contributed by atoms with Gasteiger partial charge in [-0.3, -0.25) is 0 Å². The van der Waals surface area contributed by atoms with Crippen LogP contribution in [0.1, 0.15) is 11.1 Å². The number of benzene rings is 2. The van der Waals surface area contributed by atoms with Crippen molar-refractivity contribution in [1.29, 1.82) is 0 Å². The van der Waals surface area contributed by atoms with E-state index < -0.39 is 0 Å². The van der Waals surface area contributed by atoms with Crippen LogP contribution >= 0.6 is 15.9 Å². The highest BCUT2D eigenvalue weighted by Gasteiger charge is 2.21. The highest BCUT2D eigenvalue weighted by atomic mass is 79.9. The Labute approximate surface area is 95.9 Å². The summed E-state index contributed by atoms with van der Waals surface area (Å²) in [6.45, 7) is 0. The Morgan fingerprint density at radius 2 is 1.93 bits per heavy atom. The summed E-state index contributed by atoms with van der Waals surface area (Å²) in [6.07, 6.45) is 0.835. The Bertz CT molecular complexity index is 546. The lowest BCUT2D eigenvalue weighted by molar-refractivity contribution is 0.631. The summed E-state index contributed by atoms with van der Waals surface area (Å²) in [5, 5.41) is 0. The third-order valence-corrected chi connectivity index (χ3v) is 3.31. The van der Waals surface area contributed by atoms with Gasteiger partial charge in [0.1, 0.15) is 5.82 Å². The molecule has 2 aromatic rings. The van der Waals surface area contributed by atoms with Gasteiger partial charge in [-0.05, 0) is 41.3 Å². The smallest absolute Gasteiger partial charge is 0.131 e. The third-order valence-electron chi connectivity index (χ3n) is 2.82. The van der Waals surface area contributed by atoms with Crippen LogP contribution in [0.2, 0.25) is 0 Å². The standard InChI is InChI=1S/C13H8BrF/c14-10-4-5-11-9(7-10)6-8-2-1-3-12(15)13(8)11/h1-5,7H,6H2. The van der Waals surface area contributed by atoms with E-state index in [9.17, 15) is 4.39 Å². The predicted molar refractivity (Wildman–Crippen MR) is 62.3 cm³/mol. The van der Waals surface area contributed by atoms with E-state index in [2.05, 4.69) is 22.0 Å². The van der Waals surface area contributed by atoms with Crippen molar-refractivity contribution in [2.75, 3.05) is 0 Å². The molecule has 0 atom stereocenters. The molecular formula is C13H8BrF. The maximum absolute atomic E-state index is 13.7. The molecule has 0 aromatic heterocycles. The Kier molecular flexibility index (Phi) is 1.93. The van der Waals surface area contributed by atoms with Crippen molar-refractivity contribution in [3.8, 4) is 11.1 Å². The molecule has 1 aliphatic carbocycles. The van der Waals surface area contributed by atoms with Gasteiger partial charge in [0.25, 0.3) is 0 Å². The lowest BCUT2D eigenvalue weighted by atomic mass is 10.1. The van der Waals surface area contributed by atoms with Crippen molar-refractivity contribution in [3.63, 3.8) is 0 Å². The van der Waals surface area contributed by atoms with Gasteiger partial charge < -0.3 is 0 Å². The fraction of sp³-hybridized carbons (Fsp3) is 0.0769. The van der Waals surface area contributed by atoms with Crippen LogP contribution in [0.4, 0.5) is 4.39 Å². The first-order valence-corrected chi connectivity index (χ1v) is 5.61. The number of hydrogen-bond acceptors (Lipinski definition) is 0. The summed E-state index contributed by atoms with van der Waals surface area (Å²) in [5.74, 6) is -0.117. The normalized spacial score (nSPS) is 12.4. The van der Waals surface area contributed by atoms with Gasteiger partial charge in [-0.1, -0.05) is 34.1 Å². The van der Waals surface area contributed by atoms with Crippen LogP contribution in [-0.2, 0) is 6.42 Å². The van der Waals surface area contributed by atoms with Crippen LogP contribution in [0.15, 0.2) is 40.9 Å². The van der Waals surface area contributed by atoms with E-state index in [1.54, 1.807) is 6.07 Å². The van der Waals surface area contributed by atoms with E-state index in [1.807, 2.05) is 18.2 Å². The molecule has 0 nitrogen and oxygen atoms in total. The molecule has 0 saturated heterocycles. The van der Waals surface area contributed by atoms with E-state index in [-0.39, 0.29) is 5.82 Å². The van der Waals surface area contributed by atoms with Crippen molar-refractivity contribution in [2.24, 2.45) is 0 Å². The quantitative estimate of drug-likeness (QED) is 0.571. The first-order chi connectivity index (χ1) is 7.25. The van der Waals surface area contributed by atoms with E-state index in [1.165, 1.54) is 11.6 Å². The van der Waals surface area contributed by atoms with Crippen LogP contribution < -0.4 is 0 Å². The largest absolute Gasteiger partial charge is 0.206 e. The molecule has 0 radical (unpaired) electrons. The van der Waals surface area contributed by atoms with E-state index in [0.29, 0.717) is 0 Å². The average Bonchev–Trinajstić information content (AvgIpc) is 2.56. The molecule has 2 aromatic carbocycles. The van der Waals surface area contributed by atoms with Crippen molar-refractivity contribution in [3.05, 3.63) is 57.8 Å². The molecule has 1 aliphatic rings. The summed E-state index contributed by atoms with van der Waals surface area (Å²) < 4.78 is 14.7. The monoisotopic (exact) mass is 262 g/mol. The van der Waals surface area contributed by atoms with Crippen LogP contribution in [0.5, 0.6) is 0 Å². The number of fused-ring (bicyclic) bond motifs is 3. The summed E-state index contributed by atoms with van der Waals surface area (Å²) in [4.78, 5) is 0. The maximum Gasteiger partial charge on any atom is 0.131 e. The van der Waals surface area contributed by atoms with Gasteiger partial charge in [0.05, 0.1) is 0 Å². The molecule has 0 N–H and O–H groups in total. The Balaban J connectivity index is 2.31. The summed E-state index contributed by atoms with van der Waals surface area (Å²) in [5.41, 5.74) is 4.10. The van der Waals surface area contributed by atoms with Gasteiger partial charge >= 0.3 is 0 Å². The highest BCUT2D eigenvalue weighted by molar-refractivity contribution is 9.10. The van der Waals surface area contributed by atoms with Gasteiger partial charge in [0.2, 0.25) is 0 Å². The van der Waals surface area contributed by atoms with Crippen LogP contribution in [-0.4, -0.2) is 0 Å². The third kappa shape index (κ3) is 1.32. The first kappa shape index (κ1) is 9.10. The van der Waals surface area contributed by atoms with Gasteiger partial charge in [-0.15, -0.1) is 0 Å². The molecule has 15 heavy (non-hydrogen) atoms. The predicted octanol–water partition coefficient (Wildman–Crippen LogP) is 4.16. The number of rotatable bonds is 0. The van der Waals surface area contributed by atoms with Crippen molar-refractivity contribution >= 4 is 15.9 Å². The van der Waals surface area contributed by atoms with E-state index >= 15 is 0 Å². The summed E-state index contributed by atoms with van der Waals surface area (Å²) >= 11 is 3.43. The maximum atomic E-state index is 13.7.